The Labute approximate surface area is 157 Å². The highest BCUT2D eigenvalue weighted by atomic mass is 32.3. The summed E-state index contributed by atoms with van der Waals surface area (Å²) in [6, 6.07) is 0. The molecule has 2 bridgehead atoms. The van der Waals surface area contributed by atoms with Gasteiger partial charge in [0.05, 0.1) is 18.8 Å². The maximum Gasteiger partial charge on any atom is 0.218 e. The van der Waals surface area contributed by atoms with Crippen molar-refractivity contribution in [2.24, 2.45) is 5.92 Å². The van der Waals surface area contributed by atoms with Gasteiger partial charge in [-0.3, -0.25) is 4.18 Å². The van der Waals surface area contributed by atoms with E-state index in [1.165, 1.54) is 7.11 Å². The van der Waals surface area contributed by atoms with Gasteiger partial charge < -0.3 is 38.5 Å². The number of hydrogen-bond acceptors (Lipinski definition) is 11. The molecular formula is C15H25O11S-. The van der Waals surface area contributed by atoms with E-state index in [0.717, 1.165) is 0 Å². The van der Waals surface area contributed by atoms with Crippen molar-refractivity contribution < 1.29 is 51.1 Å². The van der Waals surface area contributed by atoms with Gasteiger partial charge in [-0.15, -0.1) is 0 Å². The molecule has 0 aromatic carbocycles. The van der Waals surface area contributed by atoms with Crippen LogP contribution in [0.4, 0.5) is 0 Å². The topological polar surface area (TPSA) is 153 Å². The fraction of sp³-hybridized carbons (Fsp3) is 1.00. The van der Waals surface area contributed by atoms with E-state index in [9.17, 15) is 23.2 Å². The van der Waals surface area contributed by atoms with Crippen LogP contribution in [0.5, 0.6) is 0 Å². The number of aliphatic hydroxyl groups excluding tert-OH is 2. The van der Waals surface area contributed by atoms with Gasteiger partial charge in [-0.05, 0) is 6.42 Å². The zero-order valence-corrected chi connectivity index (χ0v) is 16.0. The highest BCUT2D eigenvalue weighted by Crippen LogP contribution is 2.37. The van der Waals surface area contributed by atoms with Gasteiger partial charge in [0.15, 0.2) is 18.7 Å². The third kappa shape index (κ3) is 4.29. The second-order valence-electron chi connectivity index (χ2n) is 6.94. The first-order valence-corrected chi connectivity index (χ1v) is 10.1. The molecule has 0 aliphatic carbocycles. The summed E-state index contributed by atoms with van der Waals surface area (Å²) in [5, 5.41) is 20.6. The fourth-order valence-electron chi connectivity index (χ4n) is 3.73. The van der Waals surface area contributed by atoms with E-state index in [0.29, 0.717) is 6.42 Å². The van der Waals surface area contributed by atoms with Crippen molar-refractivity contribution >= 4 is 10.4 Å². The average molecular weight is 413 g/mol. The van der Waals surface area contributed by atoms with Gasteiger partial charge in [-0.25, -0.2) is 8.42 Å². The third-order valence-electron chi connectivity index (χ3n) is 5.25. The van der Waals surface area contributed by atoms with Crippen LogP contribution >= 0.6 is 0 Å². The summed E-state index contributed by atoms with van der Waals surface area (Å²) >= 11 is 0. The molecule has 0 aromatic heterocycles. The Morgan fingerprint density at radius 2 is 1.85 bits per heavy atom. The van der Waals surface area contributed by atoms with Crippen LogP contribution in [-0.2, 0) is 38.3 Å². The fourth-order valence-corrected chi connectivity index (χ4v) is 4.20. The van der Waals surface area contributed by atoms with Gasteiger partial charge >= 0.3 is 0 Å². The van der Waals surface area contributed by atoms with E-state index in [2.05, 4.69) is 4.18 Å². The SMILES string of the molecule is CCC1O[C@@H](O[C@H]2C3COC2[C@H](OS(=O)(=O)[O-])[C@@H](OC)O3)C(O)[C@@H](C)[C@H]1O. The molecule has 11 nitrogen and oxygen atoms in total. The van der Waals surface area contributed by atoms with E-state index < -0.39 is 71.6 Å². The van der Waals surface area contributed by atoms with Crippen molar-refractivity contribution in [3.63, 3.8) is 0 Å². The molecule has 3 saturated heterocycles. The van der Waals surface area contributed by atoms with Crippen LogP contribution in [0.15, 0.2) is 0 Å². The van der Waals surface area contributed by atoms with E-state index in [1.807, 2.05) is 6.92 Å². The maximum absolute atomic E-state index is 11.1. The predicted molar refractivity (Wildman–Crippen MR) is 85.0 cm³/mol. The smallest absolute Gasteiger partial charge is 0.218 e. The zero-order valence-electron chi connectivity index (χ0n) is 15.2. The highest BCUT2D eigenvalue weighted by Gasteiger charge is 2.56. The van der Waals surface area contributed by atoms with Crippen LogP contribution in [0.1, 0.15) is 20.3 Å². The summed E-state index contributed by atoms with van der Waals surface area (Å²) in [6.45, 7) is 3.57. The third-order valence-corrected chi connectivity index (χ3v) is 5.70. The molecule has 3 aliphatic heterocycles. The molecule has 0 amide bonds. The standard InChI is InChI=1S/C15H26O11S/c1-4-7-9(16)6(2)10(17)14(23-7)25-11-8-5-22-12(11)13(15(21-3)24-8)26-27(18,19)20/h6-17H,4-5H2,1-3H3,(H,18,19,20)/p-1/t6-,7?,8?,9+,10?,11-,12?,13-,14-,15-/m0/s1. The number of rotatable bonds is 6. The Morgan fingerprint density at radius 3 is 2.44 bits per heavy atom. The minimum absolute atomic E-state index is 0.0617. The molecule has 10 atom stereocenters. The molecule has 2 N–H and O–H groups in total. The van der Waals surface area contributed by atoms with E-state index in [4.69, 9.17) is 23.7 Å². The monoisotopic (exact) mass is 413 g/mol. The molecule has 12 heteroatoms. The first kappa shape index (κ1) is 21.3. The van der Waals surface area contributed by atoms with Gasteiger partial charge in [-0.2, -0.15) is 0 Å². The van der Waals surface area contributed by atoms with Gasteiger partial charge in [0.25, 0.3) is 0 Å². The first-order chi connectivity index (χ1) is 12.7. The molecule has 3 heterocycles. The molecule has 3 aliphatic rings. The largest absolute Gasteiger partial charge is 0.726 e. The Morgan fingerprint density at radius 1 is 1.15 bits per heavy atom. The molecule has 0 spiro atoms. The first-order valence-electron chi connectivity index (χ1n) is 8.77. The number of aliphatic hydroxyl groups is 2. The van der Waals surface area contributed by atoms with Crippen molar-refractivity contribution in [1.29, 1.82) is 0 Å². The molecular weight excluding hydrogens is 388 g/mol. The summed E-state index contributed by atoms with van der Waals surface area (Å²) < 4.78 is 65.4. The van der Waals surface area contributed by atoms with Crippen LogP contribution in [0.2, 0.25) is 0 Å². The predicted octanol–water partition coefficient (Wildman–Crippen LogP) is -1.52. The Kier molecular flexibility index (Phi) is 6.43. The van der Waals surface area contributed by atoms with Crippen LogP contribution in [0.3, 0.4) is 0 Å². The highest BCUT2D eigenvalue weighted by molar-refractivity contribution is 7.80. The summed E-state index contributed by atoms with van der Waals surface area (Å²) in [5.74, 6) is -0.502. The molecule has 0 aromatic rings. The Balaban J connectivity index is 1.76. The van der Waals surface area contributed by atoms with Gasteiger partial charge in [-0.1, -0.05) is 13.8 Å². The quantitative estimate of drug-likeness (QED) is 0.385. The minimum Gasteiger partial charge on any atom is -0.726 e. The number of ether oxygens (including phenoxy) is 5. The summed E-state index contributed by atoms with van der Waals surface area (Å²) in [5.41, 5.74) is 0. The lowest BCUT2D eigenvalue weighted by atomic mass is 9.89. The Bertz CT molecular complexity index is 611. The van der Waals surface area contributed by atoms with Crippen LogP contribution in [0.25, 0.3) is 0 Å². The second-order valence-corrected chi connectivity index (χ2v) is 7.95. The van der Waals surface area contributed by atoms with Crippen molar-refractivity contribution in [1.82, 2.24) is 0 Å². The lowest BCUT2D eigenvalue weighted by Crippen LogP contribution is -2.60. The van der Waals surface area contributed by atoms with Crippen molar-refractivity contribution in [3.8, 4) is 0 Å². The van der Waals surface area contributed by atoms with Gasteiger partial charge in [0.2, 0.25) is 10.4 Å². The summed E-state index contributed by atoms with van der Waals surface area (Å²) in [6.07, 6.45) is -8.04. The van der Waals surface area contributed by atoms with Crippen LogP contribution < -0.4 is 0 Å². The maximum atomic E-state index is 11.1. The summed E-state index contributed by atoms with van der Waals surface area (Å²) in [7, 11) is -3.77. The Hall–Kier alpha value is -0.410. The molecule has 0 saturated carbocycles. The molecule has 158 valence electrons. The molecule has 3 rings (SSSR count). The van der Waals surface area contributed by atoms with Crippen molar-refractivity contribution in [2.45, 2.75) is 75.6 Å². The summed E-state index contributed by atoms with van der Waals surface area (Å²) in [4.78, 5) is 0. The van der Waals surface area contributed by atoms with Gasteiger partial charge in [0, 0.05) is 13.0 Å². The number of methoxy groups -OCH3 is 1. The molecule has 3 fully saturated rings. The van der Waals surface area contributed by atoms with Crippen molar-refractivity contribution in [3.05, 3.63) is 0 Å². The lowest BCUT2D eigenvalue weighted by Gasteiger charge is -2.45. The lowest BCUT2D eigenvalue weighted by molar-refractivity contribution is -0.327. The number of fused-ring (bicyclic) bond motifs is 2. The van der Waals surface area contributed by atoms with E-state index in [-0.39, 0.29) is 6.61 Å². The van der Waals surface area contributed by atoms with E-state index in [1.54, 1.807) is 6.92 Å². The zero-order chi connectivity index (χ0) is 19.9. The molecule has 0 radical (unpaired) electrons. The number of hydrogen-bond donors (Lipinski definition) is 2. The van der Waals surface area contributed by atoms with E-state index >= 15 is 0 Å². The normalized spacial score (nSPS) is 47.9. The minimum atomic E-state index is -5.05. The van der Waals surface area contributed by atoms with Crippen molar-refractivity contribution in [2.75, 3.05) is 13.7 Å². The van der Waals surface area contributed by atoms with Crippen LogP contribution in [-0.4, -0.2) is 92.2 Å². The molecule has 4 unspecified atom stereocenters. The van der Waals surface area contributed by atoms with Crippen LogP contribution in [0, 0.1) is 5.92 Å². The second kappa shape index (κ2) is 8.14. The molecule has 27 heavy (non-hydrogen) atoms. The average Bonchev–Trinajstić information content (AvgIpc) is 2.90. The van der Waals surface area contributed by atoms with Gasteiger partial charge in [0.1, 0.15) is 24.4 Å².